The highest BCUT2D eigenvalue weighted by Gasteiger charge is 2.19. The van der Waals surface area contributed by atoms with Crippen LogP contribution in [0.25, 0.3) is 0 Å². The van der Waals surface area contributed by atoms with E-state index in [-0.39, 0.29) is 0 Å². The summed E-state index contributed by atoms with van der Waals surface area (Å²) in [5, 5.41) is 3.72. The number of ether oxygens (including phenoxy) is 1. The Morgan fingerprint density at radius 2 is 1.62 bits per heavy atom. The van der Waals surface area contributed by atoms with Gasteiger partial charge in [-0.1, -0.05) is 59.1 Å². The monoisotopic (exact) mass is 291 g/mol. The highest BCUT2D eigenvalue weighted by Crippen LogP contribution is 2.28. The molecule has 21 heavy (non-hydrogen) atoms. The number of benzene rings is 1. The van der Waals surface area contributed by atoms with Crippen molar-refractivity contribution in [1.82, 2.24) is 5.32 Å². The smallest absolute Gasteiger partial charge is 0.119 e. The zero-order chi connectivity index (χ0) is 15.5. The maximum absolute atomic E-state index is 5.76. The molecule has 0 aliphatic heterocycles. The first kappa shape index (κ1) is 18.0. The fourth-order valence-electron chi connectivity index (χ4n) is 2.72. The molecule has 1 unspecified atom stereocenters. The van der Waals surface area contributed by atoms with Crippen molar-refractivity contribution in [3.8, 4) is 5.75 Å². The summed E-state index contributed by atoms with van der Waals surface area (Å²) in [7, 11) is 0. The van der Waals surface area contributed by atoms with Crippen LogP contribution >= 0.6 is 0 Å². The summed E-state index contributed by atoms with van der Waals surface area (Å²) in [5.41, 5.74) is 1.39. The van der Waals surface area contributed by atoms with Gasteiger partial charge >= 0.3 is 0 Å². The van der Waals surface area contributed by atoms with Crippen molar-refractivity contribution in [2.75, 3.05) is 13.2 Å². The van der Waals surface area contributed by atoms with E-state index in [2.05, 4.69) is 57.3 Å². The van der Waals surface area contributed by atoms with Gasteiger partial charge in [0.1, 0.15) is 5.75 Å². The zero-order valence-electron chi connectivity index (χ0n) is 14.3. The Labute approximate surface area is 131 Å². The molecule has 0 aromatic heterocycles. The molecule has 1 N–H and O–H groups in total. The largest absolute Gasteiger partial charge is 0.494 e. The topological polar surface area (TPSA) is 21.3 Å². The van der Waals surface area contributed by atoms with Gasteiger partial charge in [-0.05, 0) is 43.0 Å². The Hall–Kier alpha value is -1.02. The van der Waals surface area contributed by atoms with Gasteiger partial charge in [0.05, 0.1) is 6.61 Å². The van der Waals surface area contributed by atoms with E-state index in [0.29, 0.717) is 12.0 Å². The van der Waals surface area contributed by atoms with Crippen LogP contribution < -0.4 is 10.1 Å². The van der Waals surface area contributed by atoms with Crippen molar-refractivity contribution >= 4 is 0 Å². The number of hydrogen-bond donors (Lipinski definition) is 1. The van der Waals surface area contributed by atoms with Crippen molar-refractivity contribution in [1.29, 1.82) is 0 Å². The van der Waals surface area contributed by atoms with Crippen LogP contribution in [0.4, 0.5) is 0 Å². The van der Waals surface area contributed by atoms with Crippen LogP contribution in [0.2, 0.25) is 0 Å². The van der Waals surface area contributed by atoms with E-state index in [1.165, 1.54) is 31.2 Å². The van der Waals surface area contributed by atoms with Crippen LogP contribution in [0, 0.1) is 5.92 Å². The maximum atomic E-state index is 5.76. The molecule has 0 bridgehead atoms. The first-order valence-corrected chi connectivity index (χ1v) is 8.72. The van der Waals surface area contributed by atoms with Gasteiger partial charge in [-0.15, -0.1) is 0 Å². The molecular formula is C19H33NO. The van der Waals surface area contributed by atoms with Crippen molar-refractivity contribution < 1.29 is 4.74 Å². The lowest BCUT2D eigenvalue weighted by Crippen LogP contribution is -2.28. The summed E-state index contributed by atoms with van der Waals surface area (Å²) < 4.78 is 5.76. The quantitative estimate of drug-likeness (QED) is 0.555. The van der Waals surface area contributed by atoms with Crippen LogP contribution in [0.5, 0.6) is 5.75 Å². The van der Waals surface area contributed by atoms with Gasteiger partial charge in [-0.3, -0.25) is 0 Å². The summed E-state index contributed by atoms with van der Waals surface area (Å²) in [4.78, 5) is 0. The molecule has 1 aromatic carbocycles. The van der Waals surface area contributed by atoms with Gasteiger partial charge in [-0.25, -0.2) is 0 Å². The standard InChI is InChI=1S/C19H33NO/c1-5-9-15-21-18-12-10-17(11-13-18)19(20-14-6-2)16(7-3)8-4/h10-13,16,19-20H,5-9,14-15H2,1-4H3. The van der Waals surface area contributed by atoms with E-state index in [1.807, 2.05) is 0 Å². The number of hydrogen-bond acceptors (Lipinski definition) is 2. The fourth-order valence-corrected chi connectivity index (χ4v) is 2.72. The Balaban J connectivity index is 2.72. The summed E-state index contributed by atoms with van der Waals surface area (Å²) >= 11 is 0. The molecule has 0 saturated carbocycles. The third-order valence-electron chi connectivity index (χ3n) is 4.14. The van der Waals surface area contributed by atoms with Gasteiger partial charge < -0.3 is 10.1 Å². The first-order chi connectivity index (χ1) is 10.3. The molecule has 1 rings (SSSR count). The van der Waals surface area contributed by atoms with Gasteiger partial charge in [-0.2, -0.15) is 0 Å². The van der Waals surface area contributed by atoms with E-state index in [0.717, 1.165) is 25.3 Å². The number of rotatable bonds is 11. The normalized spacial score (nSPS) is 12.6. The molecule has 0 fully saturated rings. The minimum Gasteiger partial charge on any atom is -0.494 e. The lowest BCUT2D eigenvalue weighted by molar-refractivity contribution is 0.308. The minimum absolute atomic E-state index is 0.463. The van der Waals surface area contributed by atoms with Crippen molar-refractivity contribution in [3.63, 3.8) is 0 Å². The lowest BCUT2D eigenvalue weighted by Gasteiger charge is -2.27. The second-order valence-corrected chi connectivity index (χ2v) is 5.78. The Kier molecular flexibility index (Phi) is 9.16. The summed E-state index contributed by atoms with van der Waals surface area (Å²) in [6, 6.07) is 9.16. The molecule has 0 aliphatic carbocycles. The van der Waals surface area contributed by atoms with Crippen molar-refractivity contribution in [3.05, 3.63) is 29.8 Å². The lowest BCUT2D eigenvalue weighted by atomic mass is 9.88. The summed E-state index contributed by atoms with van der Waals surface area (Å²) in [5.74, 6) is 1.69. The number of unbranched alkanes of at least 4 members (excludes halogenated alkanes) is 1. The number of nitrogens with one attached hydrogen (secondary N) is 1. The molecule has 2 heteroatoms. The molecular weight excluding hydrogens is 258 g/mol. The molecule has 0 spiro atoms. The fraction of sp³-hybridized carbons (Fsp3) is 0.684. The molecule has 0 amide bonds. The molecule has 0 aliphatic rings. The van der Waals surface area contributed by atoms with E-state index in [1.54, 1.807) is 0 Å². The molecule has 2 nitrogen and oxygen atoms in total. The second kappa shape index (κ2) is 10.7. The van der Waals surface area contributed by atoms with Crippen molar-refractivity contribution in [2.45, 2.75) is 65.8 Å². The summed E-state index contributed by atoms with van der Waals surface area (Å²) in [6.45, 7) is 10.9. The molecule has 0 saturated heterocycles. The van der Waals surface area contributed by atoms with Crippen LogP contribution in [0.3, 0.4) is 0 Å². The Morgan fingerprint density at radius 1 is 0.952 bits per heavy atom. The Bertz CT molecular complexity index is 356. The predicted octanol–water partition coefficient (Wildman–Crippen LogP) is 5.34. The minimum atomic E-state index is 0.463. The van der Waals surface area contributed by atoms with Crippen LogP contribution in [0.15, 0.2) is 24.3 Å². The predicted molar refractivity (Wildman–Crippen MR) is 92.0 cm³/mol. The Morgan fingerprint density at radius 3 is 2.14 bits per heavy atom. The third-order valence-corrected chi connectivity index (χ3v) is 4.14. The van der Waals surface area contributed by atoms with E-state index in [4.69, 9.17) is 4.74 Å². The van der Waals surface area contributed by atoms with E-state index >= 15 is 0 Å². The highest BCUT2D eigenvalue weighted by atomic mass is 16.5. The zero-order valence-corrected chi connectivity index (χ0v) is 14.3. The van der Waals surface area contributed by atoms with Gasteiger partial charge in [0, 0.05) is 6.04 Å². The SMILES string of the molecule is CCCCOc1ccc(C(NCCC)C(CC)CC)cc1. The second-order valence-electron chi connectivity index (χ2n) is 5.78. The van der Waals surface area contributed by atoms with Gasteiger partial charge in [0.15, 0.2) is 0 Å². The molecule has 0 radical (unpaired) electrons. The third kappa shape index (κ3) is 6.09. The van der Waals surface area contributed by atoms with Crippen molar-refractivity contribution in [2.24, 2.45) is 5.92 Å². The average molecular weight is 291 g/mol. The maximum Gasteiger partial charge on any atom is 0.119 e. The van der Waals surface area contributed by atoms with E-state index in [9.17, 15) is 0 Å². The molecule has 0 heterocycles. The highest BCUT2D eigenvalue weighted by molar-refractivity contribution is 5.29. The first-order valence-electron chi connectivity index (χ1n) is 8.72. The van der Waals surface area contributed by atoms with Crippen LogP contribution in [0.1, 0.15) is 71.4 Å². The van der Waals surface area contributed by atoms with Crippen LogP contribution in [-0.2, 0) is 0 Å². The van der Waals surface area contributed by atoms with Gasteiger partial charge in [0.25, 0.3) is 0 Å². The molecule has 1 aromatic rings. The van der Waals surface area contributed by atoms with E-state index < -0.39 is 0 Å². The van der Waals surface area contributed by atoms with Gasteiger partial charge in [0.2, 0.25) is 0 Å². The molecule has 120 valence electrons. The summed E-state index contributed by atoms with van der Waals surface area (Å²) in [6.07, 6.45) is 5.90. The molecule has 1 atom stereocenters. The average Bonchev–Trinajstić information content (AvgIpc) is 2.52. The van der Waals surface area contributed by atoms with Crippen LogP contribution in [-0.4, -0.2) is 13.2 Å².